The lowest BCUT2D eigenvalue weighted by atomic mass is 10.1. The Balaban J connectivity index is 2.11. The second kappa shape index (κ2) is 9.91. The fourth-order valence-corrected chi connectivity index (χ4v) is 3.98. The van der Waals surface area contributed by atoms with Crippen LogP contribution in [-0.4, -0.2) is 44.9 Å². The van der Waals surface area contributed by atoms with Gasteiger partial charge in [-0.2, -0.15) is 0 Å². The molecule has 0 saturated carbocycles. The molecule has 2 rings (SSSR count). The average molecular weight is 424 g/mol. The van der Waals surface area contributed by atoms with E-state index in [1.165, 1.54) is 24.3 Å². The number of carbonyl (C=O) groups is 1. The van der Waals surface area contributed by atoms with Crippen LogP contribution in [0, 0.1) is 0 Å². The van der Waals surface area contributed by atoms with Gasteiger partial charge in [0.15, 0.2) is 0 Å². The monoisotopic (exact) mass is 423 g/mol. The van der Waals surface area contributed by atoms with Gasteiger partial charge in [0.1, 0.15) is 0 Å². The predicted octanol–water partition coefficient (Wildman–Crippen LogP) is 3.60. The van der Waals surface area contributed by atoms with E-state index < -0.39 is 10.0 Å². The van der Waals surface area contributed by atoms with E-state index in [2.05, 4.69) is 35.7 Å². The molecule has 0 aliphatic heterocycles. The normalized spacial score (nSPS) is 11.6. The van der Waals surface area contributed by atoms with Crippen LogP contribution in [0.4, 0.5) is 5.69 Å². The molecule has 2 aromatic rings. The Morgan fingerprint density at radius 1 is 1.11 bits per heavy atom. The van der Waals surface area contributed by atoms with E-state index in [0.717, 1.165) is 13.1 Å². The fraction of sp³-hybridized carbons (Fsp3) is 0.350. The molecule has 0 unspecified atom stereocenters. The lowest BCUT2D eigenvalue weighted by Crippen LogP contribution is -2.38. The minimum absolute atomic E-state index is 0.0719. The molecule has 0 aliphatic carbocycles. The summed E-state index contributed by atoms with van der Waals surface area (Å²) in [5, 5.41) is 3.30. The number of anilines is 1. The summed E-state index contributed by atoms with van der Waals surface area (Å²) in [4.78, 5) is 14.9. The fourth-order valence-electron chi connectivity index (χ4n) is 2.78. The van der Waals surface area contributed by atoms with Crippen molar-refractivity contribution < 1.29 is 13.2 Å². The van der Waals surface area contributed by atoms with Crippen molar-refractivity contribution >= 4 is 33.2 Å². The summed E-state index contributed by atoms with van der Waals surface area (Å²) < 4.78 is 27.7. The number of sulfonamides is 1. The van der Waals surface area contributed by atoms with Crippen LogP contribution in [0.25, 0.3) is 0 Å². The van der Waals surface area contributed by atoms with Crippen LogP contribution < -0.4 is 10.0 Å². The smallest absolute Gasteiger partial charge is 0.261 e. The third kappa shape index (κ3) is 5.95. The van der Waals surface area contributed by atoms with Gasteiger partial charge >= 0.3 is 0 Å². The number of benzene rings is 2. The number of hydrogen-bond donors (Lipinski definition) is 2. The molecule has 0 atom stereocenters. The second-order valence-electron chi connectivity index (χ2n) is 6.58. The first-order valence-electron chi connectivity index (χ1n) is 9.14. The average Bonchev–Trinajstić information content (AvgIpc) is 2.65. The summed E-state index contributed by atoms with van der Waals surface area (Å²) in [5.41, 5.74) is 0.499. The Labute approximate surface area is 171 Å². The van der Waals surface area contributed by atoms with Gasteiger partial charge in [-0.15, -0.1) is 0 Å². The van der Waals surface area contributed by atoms with E-state index in [9.17, 15) is 13.2 Å². The number of amides is 1. The Bertz CT molecular complexity index is 899. The molecule has 8 heteroatoms. The van der Waals surface area contributed by atoms with E-state index in [1.54, 1.807) is 24.3 Å². The highest BCUT2D eigenvalue weighted by molar-refractivity contribution is 7.92. The minimum atomic E-state index is -3.83. The van der Waals surface area contributed by atoms with Crippen LogP contribution in [0.2, 0.25) is 5.02 Å². The van der Waals surface area contributed by atoms with E-state index in [4.69, 9.17) is 11.6 Å². The van der Waals surface area contributed by atoms with Crippen molar-refractivity contribution in [3.63, 3.8) is 0 Å². The van der Waals surface area contributed by atoms with Gasteiger partial charge in [0.25, 0.3) is 15.9 Å². The summed E-state index contributed by atoms with van der Waals surface area (Å²) in [7, 11) is -3.83. The number of nitrogens with one attached hydrogen (secondary N) is 2. The molecule has 0 radical (unpaired) electrons. The number of likely N-dealkylation sites (N-methyl/N-ethyl adjacent to an activating group) is 1. The van der Waals surface area contributed by atoms with Crippen LogP contribution in [-0.2, 0) is 10.0 Å². The van der Waals surface area contributed by atoms with Crippen molar-refractivity contribution in [2.75, 3.05) is 24.4 Å². The first kappa shape index (κ1) is 22.2. The Hall–Kier alpha value is -2.09. The van der Waals surface area contributed by atoms with Crippen molar-refractivity contribution in [2.45, 2.75) is 31.7 Å². The van der Waals surface area contributed by atoms with Gasteiger partial charge in [-0.05, 0) is 56.8 Å². The van der Waals surface area contributed by atoms with Crippen molar-refractivity contribution in [1.82, 2.24) is 10.2 Å². The van der Waals surface area contributed by atoms with Crippen LogP contribution in [0.5, 0.6) is 0 Å². The Morgan fingerprint density at radius 3 is 2.36 bits per heavy atom. The zero-order valence-electron chi connectivity index (χ0n) is 16.3. The van der Waals surface area contributed by atoms with Gasteiger partial charge in [0, 0.05) is 24.2 Å². The van der Waals surface area contributed by atoms with E-state index >= 15 is 0 Å². The molecular formula is C20H26ClN3O3S. The maximum atomic E-state index is 12.6. The second-order valence-corrected chi connectivity index (χ2v) is 8.70. The van der Waals surface area contributed by atoms with Crippen molar-refractivity contribution in [3.05, 3.63) is 59.1 Å². The van der Waals surface area contributed by atoms with Crippen molar-refractivity contribution in [2.24, 2.45) is 0 Å². The summed E-state index contributed by atoms with van der Waals surface area (Å²) >= 11 is 5.82. The standard InChI is InChI=1S/C20H26ClN3O3S/c1-4-24(15(2)3)14-13-22-20(25)18-7-5-6-8-19(18)23-28(26,27)17-11-9-16(21)10-12-17/h5-12,15,23H,4,13-14H2,1-3H3,(H,22,25). The first-order chi connectivity index (χ1) is 13.2. The number of hydrogen-bond acceptors (Lipinski definition) is 4. The van der Waals surface area contributed by atoms with Gasteiger partial charge in [-0.3, -0.25) is 14.4 Å². The molecule has 6 nitrogen and oxygen atoms in total. The molecule has 1 amide bonds. The third-order valence-electron chi connectivity index (χ3n) is 4.36. The zero-order valence-corrected chi connectivity index (χ0v) is 17.8. The predicted molar refractivity (Wildman–Crippen MR) is 113 cm³/mol. The molecule has 28 heavy (non-hydrogen) atoms. The van der Waals surface area contributed by atoms with Gasteiger partial charge < -0.3 is 5.32 Å². The number of rotatable bonds is 9. The summed E-state index contributed by atoms with van der Waals surface area (Å²) in [6, 6.07) is 12.8. The van der Waals surface area contributed by atoms with Crippen molar-refractivity contribution in [1.29, 1.82) is 0 Å². The molecule has 0 saturated heterocycles. The largest absolute Gasteiger partial charge is 0.351 e. The molecular weight excluding hydrogens is 398 g/mol. The number of halogens is 1. The highest BCUT2D eigenvalue weighted by Gasteiger charge is 2.18. The highest BCUT2D eigenvalue weighted by atomic mass is 35.5. The van der Waals surface area contributed by atoms with E-state index in [1.807, 2.05) is 0 Å². The maximum absolute atomic E-state index is 12.6. The summed E-state index contributed by atoms with van der Waals surface area (Å²) in [6.07, 6.45) is 0. The SMILES string of the molecule is CCN(CCNC(=O)c1ccccc1NS(=O)(=O)c1ccc(Cl)cc1)C(C)C. The number of carbonyl (C=O) groups excluding carboxylic acids is 1. The molecule has 0 heterocycles. The first-order valence-corrected chi connectivity index (χ1v) is 11.0. The van der Waals surface area contributed by atoms with Crippen LogP contribution >= 0.6 is 11.6 Å². The topological polar surface area (TPSA) is 78.5 Å². The third-order valence-corrected chi connectivity index (χ3v) is 5.99. The Kier molecular flexibility index (Phi) is 7.86. The van der Waals surface area contributed by atoms with E-state index in [-0.39, 0.29) is 22.1 Å². The van der Waals surface area contributed by atoms with Crippen LogP contribution in [0.1, 0.15) is 31.1 Å². The minimum Gasteiger partial charge on any atom is -0.351 e. The van der Waals surface area contributed by atoms with E-state index in [0.29, 0.717) is 17.6 Å². The highest BCUT2D eigenvalue weighted by Crippen LogP contribution is 2.21. The molecule has 2 N–H and O–H groups in total. The summed E-state index contributed by atoms with van der Waals surface area (Å²) in [5.74, 6) is -0.325. The quantitative estimate of drug-likeness (QED) is 0.645. The maximum Gasteiger partial charge on any atom is 0.261 e. The lowest BCUT2D eigenvalue weighted by molar-refractivity contribution is 0.0947. The van der Waals surface area contributed by atoms with Gasteiger partial charge in [0.05, 0.1) is 16.1 Å². The van der Waals surface area contributed by atoms with Crippen LogP contribution in [0.15, 0.2) is 53.4 Å². The molecule has 0 aromatic heterocycles. The molecule has 152 valence electrons. The lowest BCUT2D eigenvalue weighted by Gasteiger charge is -2.24. The Morgan fingerprint density at radius 2 is 1.75 bits per heavy atom. The zero-order chi connectivity index (χ0) is 20.7. The van der Waals surface area contributed by atoms with Gasteiger partial charge in [0.2, 0.25) is 0 Å². The molecule has 0 spiro atoms. The van der Waals surface area contributed by atoms with Crippen molar-refractivity contribution in [3.8, 4) is 0 Å². The van der Waals surface area contributed by atoms with Gasteiger partial charge in [-0.25, -0.2) is 8.42 Å². The van der Waals surface area contributed by atoms with Crippen LogP contribution in [0.3, 0.4) is 0 Å². The number of nitrogens with zero attached hydrogens (tertiary/aromatic N) is 1. The molecule has 0 fully saturated rings. The van der Waals surface area contributed by atoms with Gasteiger partial charge in [-0.1, -0.05) is 30.7 Å². The number of para-hydroxylation sites is 1. The molecule has 2 aromatic carbocycles. The molecule has 0 bridgehead atoms. The summed E-state index contributed by atoms with van der Waals surface area (Å²) in [6.45, 7) is 8.37. The molecule has 0 aliphatic rings.